The van der Waals surface area contributed by atoms with Gasteiger partial charge in [0.25, 0.3) is 0 Å². The highest BCUT2D eigenvalue weighted by Crippen LogP contribution is 2.27. The number of aryl methyl sites for hydroxylation is 1. The highest BCUT2D eigenvalue weighted by molar-refractivity contribution is 5.79. The van der Waals surface area contributed by atoms with Gasteiger partial charge >= 0.3 is 0 Å². The Kier molecular flexibility index (Phi) is 3.19. The summed E-state index contributed by atoms with van der Waals surface area (Å²) >= 11 is 0. The molecule has 3 N–H and O–H groups in total. The van der Waals surface area contributed by atoms with Crippen LogP contribution >= 0.6 is 0 Å². The molecule has 0 saturated carbocycles. The first-order valence-electron chi connectivity index (χ1n) is 5.67. The number of carbonyl (C=O) groups excluding carboxylic acids is 1. The van der Waals surface area contributed by atoms with Gasteiger partial charge in [-0.15, -0.1) is 0 Å². The normalized spacial score (nSPS) is 21.2. The van der Waals surface area contributed by atoms with E-state index >= 15 is 0 Å². The molecule has 1 aliphatic carbocycles. The van der Waals surface area contributed by atoms with Gasteiger partial charge in [0.15, 0.2) is 0 Å². The van der Waals surface area contributed by atoms with Crippen molar-refractivity contribution in [2.24, 2.45) is 5.73 Å². The minimum absolute atomic E-state index is 0.160. The number of aromatic nitrogens is 1. The molecule has 0 radical (unpaired) electrons. The Morgan fingerprint density at radius 3 is 3.25 bits per heavy atom. The number of pyridine rings is 1. The number of amides is 1. The summed E-state index contributed by atoms with van der Waals surface area (Å²) in [6, 6.07) is 3.91. The molecule has 1 aliphatic rings. The van der Waals surface area contributed by atoms with Gasteiger partial charge in [-0.25, -0.2) is 0 Å². The summed E-state index contributed by atoms with van der Waals surface area (Å²) in [5.74, 6) is -0.317. The van der Waals surface area contributed by atoms with Gasteiger partial charge in [0.05, 0.1) is 17.8 Å². The molecule has 0 aromatic carbocycles. The standard InChI is InChI=1S/C12H17N3O/c1-8(12(13)16)15-10-6-2-4-9-5-3-7-14-11(9)10/h3,5,7-8,10,15H,2,4,6H2,1H3,(H2,13,16)/t8-,10?/m0/s1. The van der Waals surface area contributed by atoms with Crippen LogP contribution in [0.25, 0.3) is 0 Å². The molecule has 0 aliphatic heterocycles. The van der Waals surface area contributed by atoms with E-state index in [2.05, 4.69) is 16.4 Å². The van der Waals surface area contributed by atoms with E-state index in [-0.39, 0.29) is 18.0 Å². The fourth-order valence-electron chi connectivity index (χ4n) is 2.16. The summed E-state index contributed by atoms with van der Waals surface area (Å²) in [7, 11) is 0. The topological polar surface area (TPSA) is 68.0 Å². The second-order valence-electron chi connectivity index (χ2n) is 4.28. The molecule has 1 aromatic heterocycles. The third-order valence-electron chi connectivity index (χ3n) is 3.07. The van der Waals surface area contributed by atoms with E-state index in [0.29, 0.717) is 0 Å². The molecule has 2 atom stereocenters. The lowest BCUT2D eigenvalue weighted by atomic mass is 9.91. The highest BCUT2D eigenvalue weighted by atomic mass is 16.1. The van der Waals surface area contributed by atoms with E-state index in [9.17, 15) is 4.79 Å². The monoisotopic (exact) mass is 219 g/mol. The number of rotatable bonds is 3. The van der Waals surface area contributed by atoms with Crippen molar-refractivity contribution in [3.8, 4) is 0 Å². The van der Waals surface area contributed by atoms with Crippen molar-refractivity contribution in [2.75, 3.05) is 0 Å². The van der Waals surface area contributed by atoms with Crippen LogP contribution in [0.5, 0.6) is 0 Å². The first kappa shape index (κ1) is 11.1. The van der Waals surface area contributed by atoms with Crippen molar-refractivity contribution >= 4 is 5.91 Å². The van der Waals surface area contributed by atoms with E-state index in [0.717, 1.165) is 25.0 Å². The molecule has 4 nitrogen and oxygen atoms in total. The second-order valence-corrected chi connectivity index (χ2v) is 4.28. The lowest BCUT2D eigenvalue weighted by Crippen LogP contribution is -2.42. The molecule has 4 heteroatoms. The minimum Gasteiger partial charge on any atom is -0.368 e. The molecule has 0 spiro atoms. The van der Waals surface area contributed by atoms with Crippen LogP contribution < -0.4 is 11.1 Å². The number of hydrogen-bond acceptors (Lipinski definition) is 3. The number of primary amides is 1. The Morgan fingerprint density at radius 1 is 1.69 bits per heavy atom. The van der Waals surface area contributed by atoms with Crippen LogP contribution in [-0.4, -0.2) is 16.9 Å². The quantitative estimate of drug-likeness (QED) is 0.794. The van der Waals surface area contributed by atoms with Crippen LogP contribution in [0, 0.1) is 0 Å². The van der Waals surface area contributed by atoms with Gasteiger partial charge in [-0.3, -0.25) is 15.1 Å². The Morgan fingerprint density at radius 2 is 2.50 bits per heavy atom. The molecule has 0 fully saturated rings. The average Bonchev–Trinajstić information content (AvgIpc) is 2.29. The van der Waals surface area contributed by atoms with Crippen LogP contribution in [0.3, 0.4) is 0 Å². The number of fused-ring (bicyclic) bond motifs is 1. The maximum Gasteiger partial charge on any atom is 0.234 e. The molecule has 2 rings (SSSR count). The van der Waals surface area contributed by atoms with Gasteiger partial charge in [-0.05, 0) is 37.8 Å². The van der Waals surface area contributed by atoms with Gasteiger partial charge in [0, 0.05) is 6.20 Å². The maximum atomic E-state index is 11.0. The molecule has 16 heavy (non-hydrogen) atoms. The van der Waals surface area contributed by atoms with E-state index in [1.165, 1.54) is 5.56 Å². The van der Waals surface area contributed by atoms with Gasteiger partial charge < -0.3 is 5.73 Å². The summed E-state index contributed by atoms with van der Waals surface area (Å²) in [5.41, 5.74) is 7.60. The SMILES string of the molecule is C[C@H](NC1CCCc2cccnc21)C(N)=O. The van der Waals surface area contributed by atoms with Crippen LogP contribution in [0.4, 0.5) is 0 Å². The first-order valence-corrected chi connectivity index (χ1v) is 5.67. The third-order valence-corrected chi connectivity index (χ3v) is 3.07. The molecule has 86 valence electrons. The highest BCUT2D eigenvalue weighted by Gasteiger charge is 2.23. The van der Waals surface area contributed by atoms with E-state index in [1.54, 1.807) is 13.1 Å². The molecular weight excluding hydrogens is 202 g/mol. The summed E-state index contributed by atoms with van der Waals surface area (Å²) in [4.78, 5) is 15.4. The number of carbonyl (C=O) groups is 1. The number of hydrogen-bond donors (Lipinski definition) is 2. The smallest absolute Gasteiger partial charge is 0.234 e. The Balaban J connectivity index is 2.16. The molecule has 1 aromatic rings. The molecular formula is C12H17N3O. The summed E-state index contributed by atoms with van der Waals surface area (Å²) in [6.07, 6.45) is 5.02. The second kappa shape index (κ2) is 4.61. The van der Waals surface area contributed by atoms with Crippen molar-refractivity contribution in [3.63, 3.8) is 0 Å². The van der Waals surface area contributed by atoms with Gasteiger partial charge in [-0.2, -0.15) is 0 Å². The maximum absolute atomic E-state index is 11.0. The van der Waals surface area contributed by atoms with Crippen molar-refractivity contribution < 1.29 is 4.79 Å². The van der Waals surface area contributed by atoms with Gasteiger partial charge in [0.1, 0.15) is 0 Å². The van der Waals surface area contributed by atoms with E-state index < -0.39 is 0 Å². The van der Waals surface area contributed by atoms with Crippen molar-refractivity contribution in [1.29, 1.82) is 0 Å². The van der Waals surface area contributed by atoms with Crippen molar-refractivity contribution in [1.82, 2.24) is 10.3 Å². The van der Waals surface area contributed by atoms with E-state index in [1.807, 2.05) is 6.07 Å². The van der Waals surface area contributed by atoms with Crippen molar-refractivity contribution in [3.05, 3.63) is 29.6 Å². The van der Waals surface area contributed by atoms with Crippen LogP contribution in [0.15, 0.2) is 18.3 Å². The fraction of sp³-hybridized carbons (Fsp3) is 0.500. The zero-order valence-corrected chi connectivity index (χ0v) is 9.44. The predicted molar refractivity (Wildman–Crippen MR) is 61.7 cm³/mol. The number of nitrogens with zero attached hydrogens (tertiary/aromatic N) is 1. The van der Waals surface area contributed by atoms with Crippen molar-refractivity contribution in [2.45, 2.75) is 38.3 Å². The number of nitrogens with two attached hydrogens (primary N) is 1. The average molecular weight is 219 g/mol. The summed E-state index contributed by atoms with van der Waals surface area (Å²) in [5, 5.41) is 3.24. The fourth-order valence-corrected chi connectivity index (χ4v) is 2.16. The minimum atomic E-state index is -0.317. The Hall–Kier alpha value is -1.42. The lowest BCUT2D eigenvalue weighted by molar-refractivity contribution is -0.119. The zero-order valence-electron chi connectivity index (χ0n) is 9.44. The third kappa shape index (κ3) is 2.22. The zero-order chi connectivity index (χ0) is 11.5. The Bertz CT molecular complexity index is 392. The predicted octanol–water partition coefficient (Wildman–Crippen LogP) is 0.922. The summed E-state index contributed by atoms with van der Waals surface area (Å²) in [6.45, 7) is 1.79. The van der Waals surface area contributed by atoms with Gasteiger partial charge in [-0.1, -0.05) is 6.07 Å². The van der Waals surface area contributed by atoms with Crippen LogP contribution in [0.2, 0.25) is 0 Å². The molecule has 0 bridgehead atoms. The summed E-state index contributed by atoms with van der Waals surface area (Å²) < 4.78 is 0. The largest absolute Gasteiger partial charge is 0.368 e. The van der Waals surface area contributed by atoms with Crippen LogP contribution in [-0.2, 0) is 11.2 Å². The van der Waals surface area contributed by atoms with E-state index in [4.69, 9.17) is 5.73 Å². The molecule has 1 heterocycles. The lowest BCUT2D eigenvalue weighted by Gasteiger charge is -2.27. The molecule has 0 saturated heterocycles. The number of nitrogens with one attached hydrogen (secondary N) is 1. The Labute approximate surface area is 95.3 Å². The van der Waals surface area contributed by atoms with Crippen LogP contribution in [0.1, 0.15) is 37.1 Å². The first-order chi connectivity index (χ1) is 7.68. The van der Waals surface area contributed by atoms with Gasteiger partial charge in [0.2, 0.25) is 5.91 Å². The molecule has 1 amide bonds. The molecule has 1 unspecified atom stereocenters.